The molecule has 0 unspecified atom stereocenters. The summed E-state index contributed by atoms with van der Waals surface area (Å²) in [4.78, 5) is 25.2. The molecule has 1 amide bonds. The number of carbonyl (C=O) groups excluding carboxylic acids is 1. The lowest BCUT2D eigenvalue weighted by Crippen LogP contribution is -2.29. The Morgan fingerprint density at radius 3 is 2.41 bits per heavy atom. The van der Waals surface area contributed by atoms with Gasteiger partial charge in [0.2, 0.25) is 17.8 Å². The average molecular weight is 441 g/mol. The predicted molar refractivity (Wildman–Crippen MR) is 116 cm³/mol. The largest absolute Gasteiger partial charge is 0.369 e. The minimum Gasteiger partial charge on any atom is -0.369 e. The van der Waals surface area contributed by atoms with E-state index in [1.165, 1.54) is 24.6 Å². The molecule has 8 nitrogen and oxygen atoms in total. The maximum atomic E-state index is 14.3. The van der Waals surface area contributed by atoms with E-state index in [4.69, 9.17) is 10.7 Å². The fourth-order valence-corrected chi connectivity index (χ4v) is 4.48. The highest BCUT2D eigenvalue weighted by atomic mass is 19.1. The third kappa shape index (κ3) is 3.85. The summed E-state index contributed by atoms with van der Waals surface area (Å²) in [6.07, 6.45) is 7.62. The number of benzene rings is 1. The fourth-order valence-electron chi connectivity index (χ4n) is 4.48. The van der Waals surface area contributed by atoms with Crippen molar-refractivity contribution in [1.29, 1.82) is 0 Å². The maximum Gasteiger partial charge on any atom is 0.224 e. The van der Waals surface area contributed by atoms with Crippen molar-refractivity contribution in [2.24, 2.45) is 11.7 Å². The molecule has 0 radical (unpaired) electrons. The van der Waals surface area contributed by atoms with Gasteiger partial charge in [0.1, 0.15) is 22.8 Å². The number of rotatable bonds is 6. The molecule has 10 heteroatoms. The Hall–Kier alpha value is -3.30. The number of hydrogen-bond acceptors (Lipinski definition) is 6. The third-order valence-corrected chi connectivity index (χ3v) is 6.53. The molecule has 2 aliphatic carbocycles. The first-order valence-electron chi connectivity index (χ1n) is 11.0. The number of para-hydroxylation sites is 1. The van der Waals surface area contributed by atoms with Gasteiger partial charge in [0, 0.05) is 18.0 Å². The van der Waals surface area contributed by atoms with Crippen LogP contribution in [0.4, 0.5) is 26.4 Å². The van der Waals surface area contributed by atoms with Gasteiger partial charge >= 0.3 is 0 Å². The number of aromatic nitrogens is 4. The third-order valence-electron chi connectivity index (χ3n) is 6.53. The zero-order valence-electron chi connectivity index (χ0n) is 17.5. The Morgan fingerprint density at radius 1 is 1.06 bits per heavy atom. The molecule has 3 aromatic rings. The van der Waals surface area contributed by atoms with Crippen molar-refractivity contribution in [3.8, 4) is 0 Å². The number of anilines is 3. The monoisotopic (exact) mass is 441 g/mol. The number of fused-ring (bicyclic) bond motifs is 1. The summed E-state index contributed by atoms with van der Waals surface area (Å²) in [5, 5.41) is 6.17. The molecular weight excluding hydrogens is 416 g/mol. The first kappa shape index (κ1) is 20.6. The van der Waals surface area contributed by atoms with Crippen molar-refractivity contribution in [2.45, 2.75) is 57.0 Å². The summed E-state index contributed by atoms with van der Waals surface area (Å²) in [5.41, 5.74) is 6.34. The van der Waals surface area contributed by atoms with Crippen LogP contribution >= 0.6 is 0 Å². The number of amides is 1. The van der Waals surface area contributed by atoms with Crippen LogP contribution in [0.15, 0.2) is 24.4 Å². The van der Waals surface area contributed by atoms with Crippen molar-refractivity contribution in [3.63, 3.8) is 0 Å². The molecule has 0 bridgehead atoms. The summed E-state index contributed by atoms with van der Waals surface area (Å²) < 4.78 is 30.5. The van der Waals surface area contributed by atoms with Crippen molar-refractivity contribution in [3.05, 3.63) is 36.0 Å². The molecule has 2 saturated carbocycles. The van der Waals surface area contributed by atoms with Crippen LogP contribution in [0.5, 0.6) is 0 Å². The topological polar surface area (TPSA) is 111 Å². The normalized spacial score (nSPS) is 21.3. The van der Waals surface area contributed by atoms with E-state index in [0.29, 0.717) is 54.8 Å². The van der Waals surface area contributed by atoms with Gasteiger partial charge in [-0.15, -0.1) is 0 Å². The number of nitrogens with one attached hydrogen (secondary N) is 2. The second-order valence-electron chi connectivity index (χ2n) is 8.61. The standard InChI is InChI=1S/C22H25F2N7O/c23-15-5-2-6-16(24)18(15)29-22-28-17-11-26-21(27-13-3-1-4-13)30-20(17)31(22)14-9-7-12(8-10-14)19(25)32/h2,5-6,11-14H,1,3-4,7-10H2,(H2,25,32)(H,28,29)(H,26,27,30)/t12-,14-. The van der Waals surface area contributed by atoms with Gasteiger partial charge in [0.05, 0.1) is 6.20 Å². The summed E-state index contributed by atoms with van der Waals surface area (Å²) in [6, 6.07) is 4.01. The molecule has 0 spiro atoms. The van der Waals surface area contributed by atoms with Crippen LogP contribution in [0.1, 0.15) is 51.0 Å². The Kier molecular flexibility index (Phi) is 5.36. The van der Waals surface area contributed by atoms with Crippen molar-refractivity contribution in [1.82, 2.24) is 19.5 Å². The Bertz CT molecular complexity index is 1130. The Balaban J connectivity index is 1.54. The van der Waals surface area contributed by atoms with Crippen LogP contribution in [0.25, 0.3) is 11.2 Å². The van der Waals surface area contributed by atoms with E-state index in [2.05, 4.69) is 20.6 Å². The van der Waals surface area contributed by atoms with E-state index >= 15 is 0 Å². The van der Waals surface area contributed by atoms with Gasteiger partial charge < -0.3 is 16.4 Å². The van der Waals surface area contributed by atoms with Gasteiger partial charge in [-0.25, -0.2) is 18.7 Å². The Morgan fingerprint density at radius 2 is 1.78 bits per heavy atom. The van der Waals surface area contributed by atoms with Crippen LogP contribution in [0.2, 0.25) is 0 Å². The lowest BCUT2D eigenvalue weighted by atomic mass is 9.85. The Labute approximate surface area is 183 Å². The van der Waals surface area contributed by atoms with Crippen molar-refractivity contribution >= 4 is 34.7 Å². The fraction of sp³-hybridized carbons (Fsp3) is 0.455. The average Bonchev–Trinajstić information content (AvgIpc) is 3.11. The van der Waals surface area contributed by atoms with E-state index in [9.17, 15) is 13.6 Å². The number of primary amides is 1. The van der Waals surface area contributed by atoms with Crippen LogP contribution in [0.3, 0.4) is 0 Å². The molecule has 2 heterocycles. The SMILES string of the molecule is NC(=O)[C@H]1CC[C@H](n2c(Nc3c(F)cccc3F)nc3cnc(NC4CCC4)nc32)CC1. The molecule has 2 aromatic heterocycles. The molecule has 4 N–H and O–H groups in total. The number of halogens is 2. The number of hydrogen-bond donors (Lipinski definition) is 3. The molecule has 5 rings (SSSR count). The van der Waals surface area contributed by atoms with Gasteiger partial charge in [-0.2, -0.15) is 4.98 Å². The molecule has 2 aliphatic rings. The molecule has 0 saturated heterocycles. The molecular formula is C22H25F2N7O. The molecule has 2 fully saturated rings. The van der Waals surface area contributed by atoms with Crippen molar-refractivity contribution < 1.29 is 13.6 Å². The van der Waals surface area contributed by atoms with Gasteiger partial charge in [-0.05, 0) is 57.1 Å². The van der Waals surface area contributed by atoms with Crippen LogP contribution < -0.4 is 16.4 Å². The minimum absolute atomic E-state index is 0.0422. The number of carbonyl (C=O) groups is 1. The lowest BCUT2D eigenvalue weighted by Gasteiger charge is -2.29. The van der Waals surface area contributed by atoms with Crippen molar-refractivity contribution in [2.75, 3.05) is 10.6 Å². The highest BCUT2D eigenvalue weighted by Gasteiger charge is 2.30. The zero-order chi connectivity index (χ0) is 22.2. The second kappa shape index (κ2) is 8.33. The van der Waals surface area contributed by atoms with Crippen LogP contribution in [0, 0.1) is 17.6 Å². The van der Waals surface area contributed by atoms with Gasteiger partial charge in [0.15, 0.2) is 5.65 Å². The maximum absolute atomic E-state index is 14.3. The number of nitrogens with two attached hydrogens (primary N) is 1. The van der Waals surface area contributed by atoms with Gasteiger partial charge in [-0.1, -0.05) is 6.07 Å². The van der Waals surface area contributed by atoms with E-state index in [1.54, 1.807) is 6.20 Å². The molecule has 32 heavy (non-hydrogen) atoms. The molecule has 0 aliphatic heterocycles. The highest BCUT2D eigenvalue weighted by Crippen LogP contribution is 2.37. The van der Waals surface area contributed by atoms with E-state index < -0.39 is 11.6 Å². The first-order valence-corrected chi connectivity index (χ1v) is 11.0. The second-order valence-corrected chi connectivity index (χ2v) is 8.61. The molecule has 0 atom stereocenters. The summed E-state index contributed by atoms with van der Waals surface area (Å²) in [5.74, 6) is -1.06. The number of nitrogens with zero attached hydrogens (tertiary/aromatic N) is 4. The van der Waals surface area contributed by atoms with Crippen LogP contribution in [-0.4, -0.2) is 31.5 Å². The summed E-state index contributed by atoms with van der Waals surface area (Å²) in [7, 11) is 0. The zero-order valence-corrected chi connectivity index (χ0v) is 17.5. The first-order chi connectivity index (χ1) is 15.5. The van der Waals surface area contributed by atoms with E-state index in [0.717, 1.165) is 12.8 Å². The smallest absolute Gasteiger partial charge is 0.224 e. The minimum atomic E-state index is -0.709. The highest BCUT2D eigenvalue weighted by molar-refractivity contribution is 5.78. The van der Waals surface area contributed by atoms with Gasteiger partial charge in [0.25, 0.3) is 0 Å². The van der Waals surface area contributed by atoms with Crippen LogP contribution in [-0.2, 0) is 4.79 Å². The quantitative estimate of drug-likeness (QED) is 0.533. The van der Waals surface area contributed by atoms with E-state index in [1.807, 2.05) is 4.57 Å². The number of imidazole rings is 1. The predicted octanol–water partition coefficient (Wildman–Crippen LogP) is 4.03. The summed E-state index contributed by atoms with van der Waals surface area (Å²) >= 11 is 0. The van der Waals surface area contributed by atoms with Gasteiger partial charge in [-0.3, -0.25) is 9.36 Å². The molecule has 1 aromatic carbocycles. The summed E-state index contributed by atoms with van der Waals surface area (Å²) in [6.45, 7) is 0. The molecule has 168 valence electrons. The van der Waals surface area contributed by atoms with E-state index in [-0.39, 0.29) is 23.6 Å². The lowest BCUT2D eigenvalue weighted by molar-refractivity contribution is -0.122.